The van der Waals surface area contributed by atoms with Crippen LogP contribution in [0.25, 0.3) is 11.0 Å². The molecular weight excluding hydrogens is 410 g/mol. The Labute approximate surface area is 186 Å². The summed E-state index contributed by atoms with van der Waals surface area (Å²) in [5.41, 5.74) is 2.19. The van der Waals surface area contributed by atoms with Crippen LogP contribution in [0.4, 0.5) is 5.95 Å². The van der Waals surface area contributed by atoms with Crippen LogP contribution < -0.4 is 9.64 Å². The SMILES string of the molecule is CCCCN1C(=O)[C@H](C(=O)OCC)[C@H](c2ccc(O)c(OC)c2)n2c1nc1ccccc12. The number of hydrogen-bond acceptors (Lipinski definition) is 6. The molecule has 32 heavy (non-hydrogen) atoms. The van der Waals surface area contributed by atoms with Gasteiger partial charge in [0.05, 0.1) is 30.8 Å². The van der Waals surface area contributed by atoms with Crippen LogP contribution in [0.3, 0.4) is 0 Å². The highest BCUT2D eigenvalue weighted by Crippen LogP contribution is 2.43. The van der Waals surface area contributed by atoms with E-state index < -0.39 is 17.9 Å². The number of nitrogens with zero attached hydrogens (tertiary/aromatic N) is 3. The van der Waals surface area contributed by atoms with E-state index in [2.05, 4.69) is 0 Å². The van der Waals surface area contributed by atoms with Crippen molar-refractivity contribution >= 4 is 28.9 Å². The Hall–Kier alpha value is -3.55. The highest BCUT2D eigenvalue weighted by Gasteiger charge is 2.47. The Balaban J connectivity index is 1.99. The summed E-state index contributed by atoms with van der Waals surface area (Å²) in [6, 6.07) is 11.8. The highest BCUT2D eigenvalue weighted by atomic mass is 16.5. The van der Waals surface area contributed by atoms with Crippen molar-refractivity contribution in [2.75, 3.05) is 25.2 Å². The first-order chi connectivity index (χ1) is 15.5. The van der Waals surface area contributed by atoms with E-state index in [1.165, 1.54) is 13.2 Å². The third-order valence-electron chi connectivity index (χ3n) is 5.77. The average Bonchev–Trinajstić information content (AvgIpc) is 3.17. The molecule has 8 nitrogen and oxygen atoms in total. The first-order valence-electron chi connectivity index (χ1n) is 10.8. The molecule has 0 fully saturated rings. The van der Waals surface area contributed by atoms with Crippen LogP contribution in [-0.2, 0) is 14.3 Å². The van der Waals surface area contributed by atoms with Crippen LogP contribution >= 0.6 is 0 Å². The summed E-state index contributed by atoms with van der Waals surface area (Å²) >= 11 is 0. The van der Waals surface area contributed by atoms with E-state index >= 15 is 0 Å². The highest BCUT2D eigenvalue weighted by molar-refractivity contribution is 6.08. The first kappa shape index (κ1) is 21.7. The maximum atomic E-state index is 13.7. The molecule has 1 N–H and O–H groups in total. The zero-order valence-electron chi connectivity index (χ0n) is 18.4. The second kappa shape index (κ2) is 8.90. The predicted molar refractivity (Wildman–Crippen MR) is 120 cm³/mol. The quantitative estimate of drug-likeness (QED) is 0.448. The molecule has 168 valence electrons. The van der Waals surface area contributed by atoms with E-state index in [-0.39, 0.29) is 24.0 Å². The molecule has 0 radical (unpaired) electrons. The van der Waals surface area contributed by atoms with Gasteiger partial charge in [-0.3, -0.25) is 14.5 Å². The number of imidazole rings is 1. The van der Waals surface area contributed by atoms with Crippen molar-refractivity contribution in [2.45, 2.75) is 32.7 Å². The van der Waals surface area contributed by atoms with E-state index in [1.807, 2.05) is 35.8 Å². The Morgan fingerprint density at radius 1 is 1.19 bits per heavy atom. The second-order valence-corrected chi connectivity index (χ2v) is 7.72. The number of phenols is 1. The lowest BCUT2D eigenvalue weighted by atomic mass is 9.89. The van der Waals surface area contributed by atoms with Gasteiger partial charge in [-0.15, -0.1) is 0 Å². The van der Waals surface area contributed by atoms with Gasteiger partial charge in [-0.2, -0.15) is 0 Å². The largest absolute Gasteiger partial charge is 0.504 e. The molecule has 0 saturated heterocycles. The van der Waals surface area contributed by atoms with Crippen molar-refractivity contribution < 1.29 is 24.2 Å². The minimum Gasteiger partial charge on any atom is -0.504 e. The van der Waals surface area contributed by atoms with Gasteiger partial charge in [0, 0.05) is 6.54 Å². The Morgan fingerprint density at radius 2 is 1.97 bits per heavy atom. The number of aromatic nitrogens is 2. The van der Waals surface area contributed by atoms with E-state index in [0.717, 1.165) is 23.9 Å². The third-order valence-corrected chi connectivity index (χ3v) is 5.77. The number of benzene rings is 2. The maximum Gasteiger partial charge on any atom is 0.321 e. The number of phenolic OH excluding ortho intramolecular Hbond substituents is 1. The molecule has 2 aromatic carbocycles. The van der Waals surface area contributed by atoms with Gasteiger partial charge in [-0.25, -0.2) is 4.98 Å². The fraction of sp³-hybridized carbons (Fsp3) is 0.375. The molecule has 1 aliphatic heterocycles. The first-order valence-corrected chi connectivity index (χ1v) is 10.8. The summed E-state index contributed by atoms with van der Waals surface area (Å²) < 4.78 is 12.6. The van der Waals surface area contributed by atoms with Crippen molar-refractivity contribution in [3.63, 3.8) is 0 Å². The Bertz CT molecular complexity index is 1160. The summed E-state index contributed by atoms with van der Waals surface area (Å²) in [7, 11) is 1.46. The molecule has 1 aliphatic rings. The van der Waals surface area contributed by atoms with Gasteiger partial charge >= 0.3 is 5.97 Å². The van der Waals surface area contributed by atoms with Crippen LogP contribution in [0, 0.1) is 5.92 Å². The number of aromatic hydroxyl groups is 1. The molecule has 8 heteroatoms. The number of para-hydroxylation sites is 2. The van der Waals surface area contributed by atoms with Gasteiger partial charge < -0.3 is 19.1 Å². The van der Waals surface area contributed by atoms with E-state index in [0.29, 0.717) is 18.1 Å². The Kier molecular flexibility index (Phi) is 6.03. The number of hydrogen-bond donors (Lipinski definition) is 1. The fourth-order valence-electron chi connectivity index (χ4n) is 4.25. The molecule has 2 heterocycles. The van der Waals surface area contributed by atoms with Crippen molar-refractivity contribution in [2.24, 2.45) is 5.92 Å². The zero-order valence-corrected chi connectivity index (χ0v) is 18.4. The lowest BCUT2D eigenvalue weighted by Crippen LogP contribution is -2.50. The number of carbonyl (C=O) groups is 2. The molecule has 0 spiro atoms. The number of amides is 1. The topological polar surface area (TPSA) is 93.9 Å². The molecular formula is C24H27N3O5. The lowest BCUT2D eigenvalue weighted by Gasteiger charge is -2.38. The van der Waals surface area contributed by atoms with Gasteiger partial charge in [0.1, 0.15) is 0 Å². The number of ether oxygens (including phenoxy) is 2. The number of unbranched alkanes of at least 4 members (excludes halogenated alkanes) is 1. The minimum absolute atomic E-state index is 0.0219. The monoisotopic (exact) mass is 437 g/mol. The number of rotatable bonds is 7. The van der Waals surface area contributed by atoms with Crippen LogP contribution in [0.15, 0.2) is 42.5 Å². The van der Waals surface area contributed by atoms with E-state index in [4.69, 9.17) is 14.5 Å². The Morgan fingerprint density at radius 3 is 2.69 bits per heavy atom. The summed E-state index contributed by atoms with van der Waals surface area (Å²) in [6.45, 7) is 4.39. The van der Waals surface area contributed by atoms with E-state index in [9.17, 15) is 14.7 Å². The van der Waals surface area contributed by atoms with Crippen molar-refractivity contribution in [3.8, 4) is 11.5 Å². The molecule has 0 aliphatic carbocycles. The molecule has 4 rings (SSSR count). The van der Waals surface area contributed by atoms with Crippen molar-refractivity contribution in [3.05, 3.63) is 48.0 Å². The van der Waals surface area contributed by atoms with Crippen LogP contribution in [-0.4, -0.2) is 46.8 Å². The number of anilines is 1. The minimum atomic E-state index is -1.09. The van der Waals surface area contributed by atoms with Gasteiger partial charge in [0.2, 0.25) is 11.9 Å². The lowest BCUT2D eigenvalue weighted by molar-refractivity contribution is -0.153. The fourth-order valence-corrected chi connectivity index (χ4v) is 4.25. The molecule has 0 saturated carbocycles. The summed E-state index contributed by atoms with van der Waals surface area (Å²) in [4.78, 5) is 33.1. The number of esters is 1. The summed E-state index contributed by atoms with van der Waals surface area (Å²) in [5, 5.41) is 10.1. The summed E-state index contributed by atoms with van der Waals surface area (Å²) in [6.07, 6.45) is 1.68. The molecule has 3 aromatic rings. The van der Waals surface area contributed by atoms with Gasteiger partial charge in [0.25, 0.3) is 0 Å². The van der Waals surface area contributed by atoms with Crippen LogP contribution in [0.1, 0.15) is 38.3 Å². The van der Waals surface area contributed by atoms with Crippen LogP contribution in [0.5, 0.6) is 11.5 Å². The molecule has 2 atom stereocenters. The number of carbonyl (C=O) groups excluding carboxylic acids is 2. The number of fused-ring (bicyclic) bond motifs is 3. The average molecular weight is 437 g/mol. The second-order valence-electron chi connectivity index (χ2n) is 7.72. The van der Waals surface area contributed by atoms with Gasteiger partial charge in [0.15, 0.2) is 17.4 Å². The maximum absolute atomic E-state index is 13.7. The van der Waals surface area contributed by atoms with Gasteiger partial charge in [-0.05, 0) is 43.2 Å². The smallest absolute Gasteiger partial charge is 0.321 e. The standard InChI is InChI=1S/C24H27N3O5/c1-4-6-13-26-22(29)20(23(30)32-5-2)21(15-11-12-18(28)19(14-15)31-3)27-17-10-8-7-9-16(17)25-24(26)27/h7-12,14,20-21,28H,4-6,13H2,1-3H3/t20-,21+/m1/s1. The van der Waals surface area contributed by atoms with Gasteiger partial charge in [-0.1, -0.05) is 31.5 Å². The normalized spacial score (nSPS) is 18.0. The van der Waals surface area contributed by atoms with Crippen molar-refractivity contribution in [1.82, 2.24) is 9.55 Å². The van der Waals surface area contributed by atoms with Crippen molar-refractivity contribution in [1.29, 1.82) is 0 Å². The summed E-state index contributed by atoms with van der Waals surface area (Å²) in [5.74, 6) is -1.27. The molecule has 1 aromatic heterocycles. The molecule has 1 amide bonds. The zero-order chi connectivity index (χ0) is 22.8. The predicted octanol–water partition coefficient (Wildman–Crippen LogP) is 3.67. The third kappa shape index (κ3) is 3.55. The number of methoxy groups -OCH3 is 1. The van der Waals surface area contributed by atoms with Crippen LogP contribution in [0.2, 0.25) is 0 Å². The molecule has 0 unspecified atom stereocenters. The van der Waals surface area contributed by atoms with E-state index in [1.54, 1.807) is 24.0 Å². The molecule has 0 bridgehead atoms.